The van der Waals surface area contributed by atoms with E-state index in [1.807, 2.05) is 0 Å². The normalized spacial score (nSPS) is 14.2. The zero-order chi connectivity index (χ0) is 9.61. The molecule has 1 atom stereocenters. The Morgan fingerprint density at radius 3 is 2.83 bits per heavy atom. The average Bonchev–Trinajstić information content (AvgIpc) is 2.01. The van der Waals surface area contributed by atoms with Crippen molar-refractivity contribution in [3.8, 4) is 0 Å². The second kappa shape index (κ2) is 4.58. The number of nitrogens with zero attached hydrogens (tertiary/aromatic N) is 3. The average molecular weight is 173 g/mol. The van der Waals surface area contributed by atoms with Crippen LogP contribution >= 0.6 is 0 Å². The van der Waals surface area contributed by atoms with Crippen LogP contribution in [-0.2, 0) is 9.53 Å². The third-order valence-electron chi connectivity index (χ3n) is 1.16. The van der Waals surface area contributed by atoms with Crippen molar-refractivity contribution in [1.82, 2.24) is 0 Å². The van der Waals surface area contributed by atoms with Gasteiger partial charge in [0.25, 0.3) is 0 Å². The standard InChI is InChI=1S/C6H11N3O3/c1-3-12-5(10)6(2,11)4-8-9-7/h11H,3-4H2,1-2H3/t6-/m0/s1. The van der Waals surface area contributed by atoms with E-state index in [9.17, 15) is 9.90 Å². The Hall–Kier alpha value is -1.26. The van der Waals surface area contributed by atoms with Gasteiger partial charge in [0.15, 0.2) is 5.60 Å². The number of carbonyl (C=O) groups is 1. The lowest BCUT2D eigenvalue weighted by Gasteiger charge is -2.17. The first-order valence-corrected chi connectivity index (χ1v) is 3.45. The van der Waals surface area contributed by atoms with E-state index in [2.05, 4.69) is 14.8 Å². The van der Waals surface area contributed by atoms with Crippen LogP contribution in [0.15, 0.2) is 5.11 Å². The molecule has 0 radical (unpaired) electrons. The number of aliphatic hydroxyl groups is 1. The molecule has 0 fully saturated rings. The molecule has 0 spiro atoms. The molecule has 0 saturated carbocycles. The monoisotopic (exact) mass is 173 g/mol. The van der Waals surface area contributed by atoms with E-state index in [1.54, 1.807) is 6.92 Å². The van der Waals surface area contributed by atoms with Gasteiger partial charge in [0.2, 0.25) is 0 Å². The van der Waals surface area contributed by atoms with Gasteiger partial charge in [0, 0.05) is 4.91 Å². The van der Waals surface area contributed by atoms with Crippen molar-refractivity contribution in [3.63, 3.8) is 0 Å². The fraction of sp³-hybridized carbons (Fsp3) is 0.833. The van der Waals surface area contributed by atoms with Crippen molar-refractivity contribution in [1.29, 1.82) is 0 Å². The summed E-state index contributed by atoms with van der Waals surface area (Å²) in [6.45, 7) is 2.73. The van der Waals surface area contributed by atoms with Gasteiger partial charge in [-0.15, -0.1) is 0 Å². The van der Waals surface area contributed by atoms with E-state index < -0.39 is 11.6 Å². The maximum Gasteiger partial charge on any atom is 0.337 e. The van der Waals surface area contributed by atoms with Gasteiger partial charge in [-0.05, 0) is 19.4 Å². The highest BCUT2D eigenvalue weighted by Crippen LogP contribution is 2.06. The minimum Gasteiger partial charge on any atom is -0.464 e. The minimum absolute atomic E-state index is 0.186. The highest BCUT2D eigenvalue weighted by Gasteiger charge is 2.30. The summed E-state index contributed by atoms with van der Waals surface area (Å²) in [5.41, 5.74) is 6.22. The molecular weight excluding hydrogens is 162 g/mol. The first-order valence-electron chi connectivity index (χ1n) is 3.45. The number of esters is 1. The summed E-state index contributed by atoms with van der Waals surface area (Å²) < 4.78 is 4.53. The van der Waals surface area contributed by atoms with Crippen LogP contribution in [0.5, 0.6) is 0 Å². The first-order chi connectivity index (χ1) is 5.54. The van der Waals surface area contributed by atoms with Gasteiger partial charge in [0.1, 0.15) is 0 Å². The molecule has 0 aromatic carbocycles. The molecule has 1 N–H and O–H groups in total. The molecule has 0 heterocycles. The fourth-order valence-corrected chi connectivity index (χ4v) is 0.520. The Morgan fingerprint density at radius 1 is 1.83 bits per heavy atom. The Morgan fingerprint density at radius 2 is 2.42 bits per heavy atom. The van der Waals surface area contributed by atoms with Gasteiger partial charge < -0.3 is 9.84 Å². The smallest absolute Gasteiger partial charge is 0.337 e. The lowest BCUT2D eigenvalue weighted by atomic mass is 10.1. The van der Waals surface area contributed by atoms with Crippen molar-refractivity contribution < 1.29 is 14.6 Å². The van der Waals surface area contributed by atoms with Gasteiger partial charge in [-0.3, -0.25) is 0 Å². The third-order valence-corrected chi connectivity index (χ3v) is 1.16. The number of hydrogen-bond acceptors (Lipinski definition) is 4. The van der Waals surface area contributed by atoms with Crippen molar-refractivity contribution in [2.75, 3.05) is 13.2 Å². The van der Waals surface area contributed by atoms with Gasteiger partial charge in [-0.25, -0.2) is 4.79 Å². The maximum absolute atomic E-state index is 10.9. The van der Waals surface area contributed by atoms with Gasteiger partial charge >= 0.3 is 5.97 Å². The molecule has 6 heteroatoms. The van der Waals surface area contributed by atoms with E-state index in [0.717, 1.165) is 0 Å². The summed E-state index contributed by atoms with van der Waals surface area (Å²) in [6.07, 6.45) is 0. The largest absolute Gasteiger partial charge is 0.464 e. The number of hydrogen-bond donors (Lipinski definition) is 1. The van der Waals surface area contributed by atoms with E-state index in [4.69, 9.17) is 5.53 Å². The molecule has 12 heavy (non-hydrogen) atoms. The molecule has 0 aliphatic carbocycles. The summed E-state index contributed by atoms with van der Waals surface area (Å²) in [5, 5.41) is 12.4. The molecule has 0 aromatic rings. The lowest BCUT2D eigenvalue weighted by Crippen LogP contribution is -2.39. The molecular formula is C6H11N3O3. The first kappa shape index (κ1) is 10.7. The molecule has 0 rings (SSSR count). The molecule has 0 saturated heterocycles. The van der Waals surface area contributed by atoms with Crippen LogP contribution in [0.2, 0.25) is 0 Å². The summed E-state index contributed by atoms with van der Waals surface area (Å²) >= 11 is 0. The minimum atomic E-state index is -1.72. The van der Waals surface area contributed by atoms with Crippen LogP contribution < -0.4 is 0 Å². The summed E-state index contributed by atoms with van der Waals surface area (Å²) in [4.78, 5) is 13.3. The molecule has 0 aliphatic heterocycles. The molecule has 6 nitrogen and oxygen atoms in total. The Labute approximate surface area is 69.8 Å². The third kappa shape index (κ3) is 3.23. The quantitative estimate of drug-likeness (QED) is 0.292. The highest BCUT2D eigenvalue weighted by atomic mass is 16.5. The molecule has 68 valence electrons. The van der Waals surface area contributed by atoms with E-state index in [0.29, 0.717) is 0 Å². The van der Waals surface area contributed by atoms with Crippen molar-refractivity contribution in [2.45, 2.75) is 19.4 Å². The van der Waals surface area contributed by atoms with Gasteiger partial charge in [0.05, 0.1) is 13.2 Å². The number of azide groups is 1. The zero-order valence-electron chi connectivity index (χ0n) is 7.02. The fourth-order valence-electron chi connectivity index (χ4n) is 0.520. The molecule has 0 bridgehead atoms. The summed E-state index contributed by atoms with van der Waals surface area (Å²) in [7, 11) is 0. The second-order valence-corrected chi connectivity index (χ2v) is 2.38. The predicted octanol–water partition coefficient (Wildman–Crippen LogP) is 0.611. The summed E-state index contributed by atoms with van der Waals surface area (Å²) in [5.74, 6) is -0.780. The van der Waals surface area contributed by atoms with E-state index in [-0.39, 0.29) is 13.2 Å². The second-order valence-electron chi connectivity index (χ2n) is 2.38. The van der Waals surface area contributed by atoms with E-state index in [1.165, 1.54) is 6.92 Å². The number of carbonyl (C=O) groups excluding carboxylic acids is 1. The van der Waals surface area contributed by atoms with E-state index >= 15 is 0 Å². The van der Waals surface area contributed by atoms with Crippen molar-refractivity contribution in [3.05, 3.63) is 10.4 Å². The number of ether oxygens (including phenoxy) is 1. The van der Waals surface area contributed by atoms with Crippen LogP contribution in [0.25, 0.3) is 10.4 Å². The van der Waals surface area contributed by atoms with Crippen LogP contribution in [0.3, 0.4) is 0 Å². The molecule has 0 aliphatic rings. The van der Waals surface area contributed by atoms with Gasteiger partial charge in [-0.1, -0.05) is 5.11 Å². The SMILES string of the molecule is CCOC(=O)[C@@](C)(O)CN=[N+]=[N-]. The Bertz CT molecular complexity index is 208. The lowest BCUT2D eigenvalue weighted by molar-refractivity contribution is -0.161. The Kier molecular flexibility index (Phi) is 4.10. The summed E-state index contributed by atoms with van der Waals surface area (Å²) in [6, 6.07) is 0. The molecule has 0 amide bonds. The Balaban J connectivity index is 4.17. The van der Waals surface area contributed by atoms with Crippen LogP contribution in [-0.4, -0.2) is 29.8 Å². The van der Waals surface area contributed by atoms with Crippen molar-refractivity contribution in [2.24, 2.45) is 5.11 Å². The molecule has 0 aromatic heterocycles. The zero-order valence-corrected chi connectivity index (χ0v) is 7.02. The predicted molar refractivity (Wildman–Crippen MR) is 41.3 cm³/mol. The van der Waals surface area contributed by atoms with Crippen LogP contribution in [0.4, 0.5) is 0 Å². The maximum atomic E-state index is 10.9. The highest BCUT2D eigenvalue weighted by molar-refractivity contribution is 5.79. The van der Waals surface area contributed by atoms with Crippen LogP contribution in [0.1, 0.15) is 13.8 Å². The topological polar surface area (TPSA) is 95.3 Å². The number of rotatable bonds is 4. The molecule has 0 unspecified atom stereocenters. The van der Waals surface area contributed by atoms with Gasteiger partial charge in [-0.2, -0.15) is 0 Å². The van der Waals surface area contributed by atoms with Crippen LogP contribution in [0, 0.1) is 0 Å². The van der Waals surface area contributed by atoms with Crippen molar-refractivity contribution >= 4 is 5.97 Å².